The summed E-state index contributed by atoms with van der Waals surface area (Å²) in [5.74, 6) is 0.183. The van der Waals surface area contributed by atoms with Gasteiger partial charge in [-0.25, -0.2) is 14.9 Å². The van der Waals surface area contributed by atoms with Crippen LogP contribution in [-0.2, 0) is 9.59 Å². The van der Waals surface area contributed by atoms with Gasteiger partial charge in [0, 0.05) is 16.3 Å². The molecule has 0 saturated heterocycles. The number of hydrogen-bond donors (Lipinski definition) is 1. The zero-order chi connectivity index (χ0) is 22.9. The molecule has 2 atom stereocenters. The summed E-state index contributed by atoms with van der Waals surface area (Å²) in [6.07, 6.45) is 0. The fourth-order valence-electron chi connectivity index (χ4n) is 3.67. The van der Waals surface area contributed by atoms with E-state index in [0.717, 1.165) is 16.8 Å². The molecule has 0 fully saturated rings. The molecule has 0 aliphatic carbocycles. The van der Waals surface area contributed by atoms with Crippen LogP contribution in [0.1, 0.15) is 24.1 Å². The molecule has 3 aromatic carbocycles. The quantitative estimate of drug-likeness (QED) is 0.547. The highest BCUT2D eigenvalue weighted by molar-refractivity contribution is 8.15. The first-order valence-corrected chi connectivity index (χ1v) is 11.6. The Balaban J connectivity index is 1.43. The summed E-state index contributed by atoms with van der Waals surface area (Å²) in [6, 6.07) is 23.3. The minimum absolute atomic E-state index is 0.178. The molecule has 2 amide bonds. The van der Waals surface area contributed by atoms with Gasteiger partial charge < -0.3 is 5.32 Å². The highest BCUT2D eigenvalue weighted by Crippen LogP contribution is 2.38. The average molecular weight is 475 g/mol. The molecule has 2 aliphatic rings. The standard InChI is InChI=1S/C25H19ClN4O2S/c1-15(23(31)27-18-13-11-17(26)12-14-18)33-25-28-20-10-6-5-9-19(20)22-29-21(24(32)30(22)25)16-7-3-2-4-8-16/h2-15,21H,1H3,(H,27,31)/t15-,21-/m0/s1. The van der Waals surface area contributed by atoms with E-state index in [9.17, 15) is 9.59 Å². The summed E-state index contributed by atoms with van der Waals surface area (Å²) in [5, 5.41) is 3.41. The van der Waals surface area contributed by atoms with Gasteiger partial charge in [-0.05, 0) is 48.9 Å². The smallest absolute Gasteiger partial charge is 0.263 e. The van der Waals surface area contributed by atoms with E-state index in [1.807, 2.05) is 54.6 Å². The molecule has 33 heavy (non-hydrogen) atoms. The molecule has 1 N–H and O–H groups in total. The molecule has 2 aliphatic heterocycles. The lowest BCUT2D eigenvalue weighted by molar-refractivity contribution is -0.124. The van der Waals surface area contributed by atoms with Crippen LogP contribution in [0.25, 0.3) is 0 Å². The summed E-state index contributed by atoms with van der Waals surface area (Å²) in [6.45, 7) is 1.78. The second kappa shape index (κ2) is 8.84. The Morgan fingerprint density at radius 3 is 2.48 bits per heavy atom. The first kappa shape index (κ1) is 21.4. The Bertz CT molecular complexity index is 1290. The van der Waals surface area contributed by atoms with Crippen LogP contribution in [0.4, 0.5) is 11.4 Å². The zero-order valence-electron chi connectivity index (χ0n) is 17.6. The second-order valence-electron chi connectivity index (χ2n) is 7.61. The molecule has 6 nitrogen and oxygen atoms in total. The molecular weight excluding hydrogens is 456 g/mol. The number of nitrogens with zero attached hydrogens (tertiary/aromatic N) is 3. The van der Waals surface area contributed by atoms with Gasteiger partial charge in [0.1, 0.15) is 5.84 Å². The number of hydrogen-bond acceptors (Lipinski definition) is 5. The van der Waals surface area contributed by atoms with Crippen LogP contribution in [0.3, 0.4) is 0 Å². The van der Waals surface area contributed by atoms with E-state index in [1.54, 1.807) is 31.2 Å². The van der Waals surface area contributed by atoms with E-state index < -0.39 is 11.3 Å². The SMILES string of the molecule is C[C@H](SC1=Nc2ccccc2C2=N[C@@H](c3ccccc3)C(=O)N12)C(=O)Nc1ccc(Cl)cc1. The zero-order valence-corrected chi connectivity index (χ0v) is 19.2. The molecule has 0 bridgehead atoms. The number of amides is 2. The Kier molecular flexibility index (Phi) is 5.74. The number of amidine groups is 2. The number of aliphatic imine (C=N–C) groups is 2. The third-order valence-electron chi connectivity index (χ3n) is 5.35. The molecule has 0 unspecified atom stereocenters. The maximum Gasteiger partial charge on any atom is 0.263 e. The second-order valence-corrected chi connectivity index (χ2v) is 9.35. The predicted molar refractivity (Wildman–Crippen MR) is 133 cm³/mol. The number of rotatable bonds is 4. The van der Waals surface area contributed by atoms with Gasteiger partial charge in [0.25, 0.3) is 5.91 Å². The van der Waals surface area contributed by atoms with Crippen molar-refractivity contribution < 1.29 is 9.59 Å². The third-order valence-corrected chi connectivity index (χ3v) is 6.65. The van der Waals surface area contributed by atoms with Crippen molar-refractivity contribution in [2.45, 2.75) is 18.2 Å². The molecule has 8 heteroatoms. The Labute approximate surface area is 200 Å². The normalized spacial score (nSPS) is 17.6. The number of benzene rings is 3. The lowest BCUT2D eigenvalue weighted by Gasteiger charge is -2.26. The lowest BCUT2D eigenvalue weighted by Crippen LogP contribution is -2.41. The fourth-order valence-corrected chi connectivity index (χ4v) is 4.71. The molecule has 0 saturated carbocycles. The lowest BCUT2D eigenvalue weighted by atomic mass is 10.1. The highest BCUT2D eigenvalue weighted by atomic mass is 35.5. The van der Waals surface area contributed by atoms with Crippen molar-refractivity contribution in [1.29, 1.82) is 0 Å². The van der Waals surface area contributed by atoms with E-state index in [-0.39, 0.29) is 11.8 Å². The largest absolute Gasteiger partial charge is 0.325 e. The van der Waals surface area contributed by atoms with Crippen molar-refractivity contribution in [2.75, 3.05) is 5.32 Å². The van der Waals surface area contributed by atoms with Gasteiger partial charge in [0.05, 0.1) is 10.9 Å². The number of para-hydroxylation sites is 1. The maximum absolute atomic E-state index is 13.4. The van der Waals surface area contributed by atoms with Gasteiger partial charge in [-0.2, -0.15) is 0 Å². The molecule has 3 aromatic rings. The van der Waals surface area contributed by atoms with Gasteiger partial charge in [0.15, 0.2) is 11.2 Å². The Morgan fingerprint density at radius 1 is 1.03 bits per heavy atom. The highest BCUT2D eigenvalue weighted by Gasteiger charge is 2.42. The monoisotopic (exact) mass is 474 g/mol. The van der Waals surface area contributed by atoms with Gasteiger partial charge in [-0.15, -0.1) is 0 Å². The number of fused-ring (bicyclic) bond motifs is 3. The number of halogens is 1. The van der Waals surface area contributed by atoms with E-state index >= 15 is 0 Å². The summed E-state index contributed by atoms with van der Waals surface area (Å²) in [4.78, 5) is 37.3. The predicted octanol–water partition coefficient (Wildman–Crippen LogP) is 5.43. The number of carbonyl (C=O) groups excluding carboxylic acids is 2. The average Bonchev–Trinajstić information content (AvgIpc) is 3.19. The van der Waals surface area contributed by atoms with Gasteiger partial charge in [0.2, 0.25) is 5.91 Å². The van der Waals surface area contributed by atoms with Crippen LogP contribution < -0.4 is 5.32 Å². The van der Waals surface area contributed by atoms with Crippen molar-refractivity contribution in [3.8, 4) is 0 Å². The summed E-state index contributed by atoms with van der Waals surface area (Å²) >= 11 is 7.15. The molecule has 164 valence electrons. The van der Waals surface area contributed by atoms with E-state index in [1.165, 1.54) is 16.7 Å². The molecule has 0 spiro atoms. The van der Waals surface area contributed by atoms with Crippen molar-refractivity contribution >= 4 is 57.6 Å². The Hall–Kier alpha value is -3.42. The minimum Gasteiger partial charge on any atom is -0.325 e. The van der Waals surface area contributed by atoms with Crippen molar-refractivity contribution in [3.63, 3.8) is 0 Å². The molecular formula is C25H19ClN4O2S. The number of carbonyl (C=O) groups is 2. The topological polar surface area (TPSA) is 74.1 Å². The number of nitrogens with one attached hydrogen (secondary N) is 1. The van der Waals surface area contributed by atoms with Crippen LogP contribution in [0.2, 0.25) is 5.02 Å². The van der Waals surface area contributed by atoms with Crippen molar-refractivity contribution in [3.05, 3.63) is 95.0 Å². The van der Waals surface area contributed by atoms with Gasteiger partial charge in [-0.3, -0.25) is 9.59 Å². The maximum atomic E-state index is 13.4. The van der Waals surface area contributed by atoms with Crippen LogP contribution in [0.5, 0.6) is 0 Å². The summed E-state index contributed by atoms with van der Waals surface area (Å²) in [5.41, 5.74) is 2.99. The van der Waals surface area contributed by atoms with E-state index in [2.05, 4.69) is 5.32 Å². The van der Waals surface area contributed by atoms with Gasteiger partial charge in [-0.1, -0.05) is 65.8 Å². The van der Waals surface area contributed by atoms with Gasteiger partial charge >= 0.3 is 0 Å². The van der Waals surface area contributed by atoms with E-state index in [0.29, 0.717) is 21.7 Å². The number of thioether (sulfide) groups is 1. The third kappa shape index (κ3) is 4.17. The van der Waals surface area contributed by atoms with Crippen molar-refractivity contribution in [1.82, 2.24) is 4.90 Å². The van der Waals surface area contributed by atoms with E-state index in [4.69, 9.17) is 21.6 Å². The fraction of sp³-hybridized carbons (Fsp3) is 0.120. The van der Waals surface area contributed by atoms with Crippen LogP contribution in [0, 0.1) is 0 Å². The molecule has 2 heterocycles. The summed E-state index contributed by atoms with van der Waals surface area (Å²) in [7, 11) is 0. The Morgan fingerprint density at radius 2 is 1.73 bits per heavy atom. The first-order valence-electron chi connectivity index (χ1n) is 10.4. The molecule has 0 radical (unpaired) electrons. The summed E-state index contributed by atoms with van der Waals surface area (Å²) < 4.78 is 0. The van der Waals surface area contributed by atoms with Crippen LogP contribution in [-0.4, -0.2) is 33.0 Å². The minimum atomic E-state index is -0.642. The van der Waals surface area contributed by atoms with Crippen molar-refractivity contribution in [2.24, 2.45) is 9.98 Å². The van der Waals surface area contributed by atoms with Crippen LogP contribution >= 0.6 is 23.4 Å². The molecule has 0 aromatic heterocycles. The first-order chi connectivity index (χ1) is 16.0. The van der Waals surface area contributed by atoms with Crippen LogP contribution in [0.15, 0.2) is 88.8 Å². The molecule has 5 rings (SSSR count). The number of anilines is 1.